The van der Waals surface area contributed by atoms with E-state index in [1.54, 1.807) is 24.3 Å². The van der Waals surface area contributed by atoms with Crippen LogP contribution in [0, 0.1) is 12.7 Å². The van der Waals surface area contributed by atoms with E-state index in [-0.39, 0.29) is 17.8 Å². The second-order valence-corrected chi connectivity index (χ2v) is 5.86. The van der Waals surface area contributed by atoms with E-state index in [2.05, 4.69) is 5.32 Å². The molecule has 24 heavy (non-hydrogen) atoms. The fourth-order valence-corrected chi connectivity index (χ4v) is 2.66. The molecule has 1 heterocycles. The Morgan fingerprint density at radius 2 is 2.17 bits per heavy atom. The molecular formula is C19H20FNO3. The number of nitrogens with one attached hydrogen (secondary N) is 1. The average Bonchev–Trinajstić information content (AvgIpc) is 3.10. The molecule has 1 atom stereocenters. The standard InChI is InChI=1S/C19H20FNO3/c1-13-8-9-14(20)11-17(13)21-19(22)16-6-2-3-7-18(16)24-12-15-5-4-10-23-15/h2-3,6-9,11,15H,4-5,10,12H2,1H3,(H,21,22)/t15-/m1/s1. The fraction of sp³-hybridized carbons (Fsp3) is 0.316. The van der Waals surface area contributed by atoms with Gasteiger partial charge in [0.1, 0.15) is 18.2 Å². The summed E-state index contributed by atoms with van der Waals surface area (Å²) >= 11 is 0. The molecule has 1 amide bonds. The first-order valence-corrected chi connectivity index (χ1v) is 8.04. The van der Waals surface area contributed by atoms with Crippen molar-refractivity contribution in [2.45, 2.75) is 25.9 Å². The van der Waals surface area contributed by atoms with Crippen LogP contribution in [0.2, 0.25) is 0 Å². The number of carbonyl (C=O) groups excluding carboxylic acids is 1. The number of benzene rings is 2. The van der Waals surface area contributed by atoms with E-state index in [1.807, 2.05) is 13.0 Å². The highest BCUT2D eigenvalue weighted by Gasteiger charge is 2.18. The second kappa shape index (κ2) is 7.45. The van der Waals surface area contributed by atoms with Crippen LogP contribution in [0.15, 0.2) is 42.5 Å². The van der Waals surface area contributed by atoms with Gasteiger partial charge in [-0.1, -0.05) is 18.2 Å². The lowest BCUT2D eigenvalue weighted by Gasteiger charge is -2.15. The maximum atomic E-state index is 13.4. The highest BCUT2D eigenvalue weighted by Crippen LogP contribution is 2.23. The van der Waals surface area contributed by atoms with E-state index in [9.17, 15) is 9.18 Å². The summed E-state index contributed by atoms with van der Waals surface area (Å²) in [6.45, 7) is 2.99. The van der Waals surface area contributed by atoms with Gasteiger partial charge < -0.3 is 14.8 Å². The van der Waals surface area contributed by atoms with E-state index >= 15 is 0 Å². The monoisotopic (exact) mass is 329 g/mol. The largest absolute Gasteiger partial charge is 0.490 e. The summed E-state index contributed by atoms with van der Waals surface area (Å²) in [5, 5.41) is 2.75. The molecule has 3 rings (SSSR count). The fourth-order valence-electron chi connectivity index (χ4n) is 2.66. The van der Waals surface area contributed by atoms with Crippen molar-refractivity contribution < 1.29 is 18.7 Å². The minimum Gasteiger partial charge on any atom is -0.490 e. The quantitative estimate of drug-likeness (QED) is 0.904. The minimum absolute atomic E-state index is 0.0755. The lowest BCUT2D eigenvalue weighted by atomic mass is 10.1. The Morgan fingerprint density at radius 1 is 1.33 bits per heavy atom. The smallest absolute Gasteiger partial charge is 0.259 e. The zero-order valence-corrected chi connectivity index (χ0v) is 13.5. The van der Waals surface area contributed by atoms with Gasteiger partial charge in [0, 0.05) is 12.3 Å². The highest BCUT2D eigenvalue weighted by atomic mass is 19.1. The van der Waals surface area contributed by atoms with Crippen LogP contribution in [0.4, 0.5) is 10.1 Å². The number of rotatable bonds is 5. The van der Waals surface area contributed by atoms with Crippen LogP contribution in [-0.2, 0) is 4.74 Å². The van der Waals surface area contributed by atoms with Crippen LogP contribution in [0.3, 0.4) is 0 Å². The number of amides is 1. The molecule has 1 aliphatic heterocycles. The van der Waals surface area contributed by atoms with Gasteiger partial charge in [-0.2, -0.15) is 0 Å². The highest BCUT2D eigenvalue weighted by molar-refractivity contribution is 6.06. The Balaban J connectivity index is 1.73. The van der Waals surface area contributed by atoms with Crippen LogP contribution < -0.4 is 10.1 Å². The van der Waals surface area contributed by atoms with Crippen molar-refractivity contribution in [3.8, 4) is 5.75 Å². The molecule has 4 nitrogen and oxygen atoms in total. The van der Waals surface area contributed by atoms with Gasteiger partial charge in [0.2, 0.25) is 0 Å². The van der Waals surface area contributed by atoms with Crippen LogP contribution in [0.5, 0.6) is 5.75 Å². The first kappa shape index (κ1) is 16.5. The summed E-state index contributed by atoms with van der Waals surface area (Å²) in [5.41, 5.74) is 1.66. The summed E-state index contributed by atoms with van der Waals surface area (Å²) in [6, 6.07) is 11.3. The average molecular weight is 329 g/mol. The van der Waals surface area contributed by atoms with Crippen molar-refractivity contribution in [1.29, 1.82) is 0 Å². The number of para-hydroxylation sites is 1. The van der Waals surface area contributed by atoms with E-state index in [4.69, 9.17) is 9.47 Å². The molecule has 1 fully saturated rings. The first-order valence-electron chi connectivity index (χ1n) is 8.04. The van der Waals surface area contributed by atoms with Crippen molar-refractivity contribution >= 4 is 11.6 Å². The molecule has 1 saturated heterocycles. The van der Waals surface area contributed by atoms with Crippen molar-refractivity contribution in [2.75, 3.05) is 18.5 Å². The van der Waals surface area contributed by atoms with Gasteiger partial charge in [-0.15, -0.1) is 0 Å². The van der Waals surface area contributed by atoms with Gasteiger partial charge in [-0.25, -0.2) is 4.39 Å². The third-order valence-electron chi connectivity index (χ3n) is 4.03. The van der Waals surface area contributed by atoms with Crippen LogP contribution in [0.1, 0.15) is 28.8 Å². The molecule has 5 heteroatoms. The molecule has 2 aromatic rings. The topological polar surface area (TPSA) is 47.6 Å². The van der Waals surface area contributed by atoms with Crippen LogP contribution in [-0.4, -0.2) is 25.2 Å². The molecule has 0 bridgehead atoms. The molecule has 0 aliphatic carbocycles. The Kier molecular flexibility index (Phi) is 5.11. The van der Waals surface area contributed by atoms with Crippen molar-refractivity contribution in [2.24, 2.45) is 0 Å². The van der Waals surface area contributed by atoms with Crippen LogP contribution >= 0.6 is 0 Å². The lowest BCUT2D eigenvalue weighted by Crippen LogP contribution is -2.19. The summed E-state index contributed by atoms with van der Waals surface area (Å²) in [6.07, 6.45) is 2.08. The number of anilines is 1. The Bertz CT molecular complexity index is 726. The van der Waals surface area contributed by atoms with E-state index < -0.39 is 0 Å². The molecule has 0 radical (unpaired) electrons. The third-order valence-corrected chi connectivity index (χ3v) is 4.03. The van der Waals surface area contributed by atoms with Crippen LogP contribution in [0.25, 0.3) is 0 Å². The van der Waals surface area contributed by atoms with Gasteiger partial charge in [-0.05, 0) is 49.6 Å². The number of hydrogen-bond donors (Lipinski definition) is 1. The minimum atomic E-state index is -0.390. The Labute approximate surface area is 140 Å². The van der Waals surface area contributed by atoms with E-state index in [0.29, 0.717) is 23.6 Å². The van der Waals surface area contributed by atoms with Gasteiger partial charge >= 0.3 is 0 Å². The number of carbonyl (C=O) groups is 1. The van der Waals surface area contributed by atoms with Crippen molar-refractivity contribution in [1.82, 2.24) is 0 Å². The zero-order chi connectivity index (χ0) is 16.9. The third kappa shape index (κ3) is 3.92. The summed E-state index contributed by atoms with van der Waals surface area (Å²) < 4.78 is 24.7. The molecule has 2 aromatic carbocycles. The predicted molar refractivity (Wildman–Crippen MR) is 90.0 cm³/mol. The molecule has 1 aliphatic rings. The summed E-state index contributed by atoms with van der Waals surface area (Å²) in [4.78, 5) is 12.5. The van der Waals surface area contributed by atoms with E-state index in [1.165, 1.54) is 12.1 Å². The van der Waals surface area contributed by atoms with Crippen molar-refractivity contribution in [3.05, 3.63) is 59.4 Å². The molecule has 0 unspecified atom stereocenters. The number of halogens is 1. The molecule has 0 spiro atoms. The molecule has 0 aromatic heterocycles. The van der Waals surface area contributed by atoms with Gasteiger partial charge in [0.05, 0.1) is 11.7 Å². The zero-order valence-electron chi connectivity index (χ0n) is 13.5. The summed E-state index contributed by atoms with van der Waals surface area (Å²) in [7, 11) is 0. The van der Waals surface area contributed by atoms with E-state index in [0.717, 1.165) is 25.0 Å². The number of hydrogen-bond acceptors (Lipinski definition) is 3. The number of ether oxygens (including phenoxy) is 2. The second-order valence-electron chi connectivity index (χ2n) is 5.86. The normalized spacial score (nSPS) is 16.8. The predicted octanol–water partition coefficient (Wildman–Crippen LogP) is 3.94. The maximum Gasteiger partial charge on any atom is 0.259 e. The molecular weight excluding hydrogens is 309 g/mol. The Morgan fingerprint density at radius 3 is 2.96 bits per heavy atom. The molecule has 126 valence electrons. The Hall–Kier alpha value is -2.40. The first-order chi connectivity index (χ1) is 11.6. The maximum absolute atomic E-state index is 13.4. The SMILES string of the molecule is Cc1ccc(F)cc1NC(=O)c1ccccc1OC[C@H]1CCCO1. The van der Waals surface area contributed by atoms with Crippen molar-refractivity contribution in [3.63, 3.8) is 0 Å². The lowest BCUT2D eigenvalue weighted by molar-refractivity contribution is 0.0673. The van der Waals surface area contributed by atoms with Gasteiger partial charge in [0.25, 0.3) is 5.91 Å². The van der Waals surface area contributed by atoms with Gasteiger partial charge in [0.15, 0.2) is 0 Å². The molecule has 1 N–H and O–H groups in total. The molecule has 0 saturated carbocycles. The summed E-state index contributed by atoms with van der Waals surface area (Å²) in [5.74, 6) is -0.218. The number of aryl methyl sites for hydroxylation is 1. The van der Waals surface area contributed by atoms with Gasteiger partial charge in [-0.3, -0.25) is 4.79 Å².